The van der Waals surface area contributed by atoms with Crippen LogP contribution in [0.5, 0.6) is 5.88 Å². The van der Waals surface area contributed by atoms with Crippen LogP contribution in [0.1, 0.15) is 21.6 Å². The van der Waals surface area contributed by atoms with Gasteiger partial charge in [0.1, 0.15) is 0 Å². The number of ether oxygens (including phenoxy) is 1. The number of amides is 1. The summed E-state index contributed by atoms with van der Waals surface area (Å²) in [5.41, 5.74) is 7.64. The molecule has 0 saturated carbocycles. The molecule has 0 unspecified atom stereocenters. The fourth-order valence-corrected chi connectivity index (χ4v) is 1.69. The van der Waals surface area contributed by atoms with E-state index < -0.39 is 0 Å². The minimum absolute atomic E-state index is 0.169. The number of hydrogen-bond acceptors (Lipinski definition) is 5. The van der Waals surface area contributed by atoms with Gasteiger partial charge in [-0.15, -0.1) is 0 Å². The molecule has 3 N–H and O–H groups in total. The first-order chi connectivity index (χ1) is 9.72. The molecule has 0 aliphatic heterocycles. The van der Waals surface area contributed by atoms with Gasteiger partial charge in [0.15, 0.2) is 0 Å². The van der Waals surface area contributed by atoms with Crippen LogP contribution in [0.3, 0.4) is 0 Å². The van der Waals surface area contributed by atoms with E-state index >= 15 is 0 Å². The van der Waals surface area contributed by atoms with E-state index in [1.807, 2.05) is 6.07 Å². The maximum Gasteiger partial charge on any atom is 0.251 e. The Hall–Kier alpha value is -2.47. The summed E-state index contributed by atoms with van der Waals surface area (Å²) >= 11 is 0. The molecule has 104 valence electrons. The Morgan fingerprint density at radius 3 is 2.85 bits per heavy atom. The van der Waals surface area contributed by atoms with Gasteiger partial charge in [0.2, 0.25) is 5.88 Å². The molecule has 2 aromatic heterocycles. The van der Waals surface area contributed by atoms with Gasteiger partial charge in [-0.2, -0.15) is 0 Å². The number of carbonyl (C=O) groups is 1. The summed E-state index contributed by atoms with van der Waals surface area (Å²) in [6.07, 6.45) is 3.21. The molecular weight excluding hydrogens is 256 g/mol. The molecule has 2 rings (SSSR count). The smallest absolute Gasteiger partial charge is 0.251 e. The van der Waals surface area contributed by atoms with E-state index in [0.717, 1.165) is 5.56 Å². The van der Waals surface area contributed by atoms with Gasteiger partial charge in [0.05, 0.1) is 12.8 Å². The minimum Gasteiger partial charge on any atom is -0.481 e. The second-order valence-corrected chi connectivity index (χ2v) is 4.13. The maximum atomic E-state index is 12.0. The number of hydrogen-bond donors (Lipinski definition) is 2. The first-order valence-corrected chi connectivity index (χ1v) is 6.15. The summed E-state index contributed by atoms with van der Waals surface area (Å²) in [6.45, 7) is 0.709. The van der Waals surface area contributed by atoms with Gasteiger partial charge in [-0.05, 0) is 23.8 Å². The van der Waals surface area contributed by atoms with E-state index in [0.29, 0.717) is 30.2 Å². The topological polar surface area (TPSA) is 90.1 Å². The standard InChI is InChI=1S/C14H16N4O2/c1-20-13-6-10(2-4-17-13)9-18-14(19)11-3-5-16-12(7-11)8-15/h2-7H,8-9,15H2,1H3,(H,18,19). The molecule has 6 heteroatoms. The third-order valence-corrected chi connectivity index (χ3v) is 2.75. The Morgan fingerprint density at radius 2 is 2.10 bits per heavy atom. The van der Waals surface area contributed by atoms with E-state index in [-0.39, 0.29) is 5.91 Å². The largest absolute Gasteiger partial charge is 0.481 e. The van der Waals surface area contributed by atoms with Crippen molar-refractivity contribution in [2.75, 3.05) is 7.11 Å². The number of aromatic nitrogens is 2. The summed E-state index contributed by atoms with van der Waals surface area (Å²) in [6, 6.07) is 6.93. The monoisotopic (exact) mass is 272 g/mol. The van der Waals surface area contributed by atoms with Crippen LogP contribution in [0.15, 0.2) is 36.7 Å². The molecule has 2 heterocycles. The lowest BCUT2D eigenvalue weighted by molar-refractivity contribution is 0.0950. The Kier molecular flexibility index (Phi) is 4.62. The number of rotatable bonds is 5. The normalized spacial score (nSPS) is 10.1. The van der Waals surface area contributed by atoms with Gasteiger partial charge < -0.3 is 15.8 Å². The van der Waals surface area contributed by atoms with E-state index in [1.54, 1.807) is 37.7 Å². The molecule has 0 aliphatic carbocycles. The highest BCUT2D eigenvalue weighted by atomic mass is 16.5. The molecule has 20 heavy (non-hydrogen) atoms. The quantitative estimate of drug-likeness (QED) is 0.843. The maximum absolute atomic E-state index is 12.0. The van der Waals surface area contributed by atoms with Crippen LogP contribution >= 0.6 is 0 Å². The fraction of sp³-hybridized carbons (Fsp3) is 0.214. The highest BCUT2D eigenvalue weighted by Gasteiger charge is 2.06. The summed E-state index contributed by atoms with van der Waals surface area (Å²) in [4.78, 5) is 20.1. The van der Waals surface area contributed by atoms with E-state index in [1.165, 1.54) is 0 Å². The number of methoxy groups -OCH3 is 1. The zero-order valence-electron chi connectivity index (χ0n) is 11.2. The van der Waals surface area contributed by atoms with Gasteiger partial charge in [-0.25, -0.2) is 4.98 Å². The number of pyridine rings is 2. The van der Waals surface area contributed by atoms with Gasteiger partial charge in [0, 0.05) is 37.1 Å². The van der Waals surface area contributed by atoms with Crippen LogP contribution in [0.2, 0.25) is 0 Å². The predicted octanol–water partition coefficient (Wildman–Crippen LogP) is 0.874. The molecule has 0 aromatic carbocycles. The molecule has 0 bridgehead atoms. The van der Waals surface area contributed by atoms with E-state index in [4.69, 9.17) is 10.5 Å². The first-order valence-electron chi connectivity index (χ1n) is 6.15. The molecule has 0 atom stereocenters. The van der Waals surface area contributed by atoms with E-state index in [2.05, 4.69) is 15.3 Å². The van der Waals surface area contributed by atoms with Crippen molar-refractivity contribution in [1.29, 1.82) is 0 Å². The number of nitrogens with two attached hydrogens (primary N) is 1. The average Bonchev–Trinajstić information content (AvgIpc) is 2.52. The SMILES string of the molecule is COc1cc(CNC(=O)c2ccnc(CN)c2)ccn1. The third kappa shape index (κ3) is 3.52. The van der Waals surface area contributed by atoms with E-state index in [9.17, 15) is 4.79 Å². The zero-order valence-corrected chi connectivity index (χ0v) is 11.2. The summed E-state index contributed by atoms with van der Waals surface area (Å²) < 4.78 is 5.03. The molecule has 6 nitrogen and oxygen atoms in total. The van der Waals surface area contributed by atoms with Gasteiger partial charge in [-0.1, -0.05) is 0 Å². The van der Waals surface area contributed by atoms with Crippen LogP contribution in [-0.2, 0) is 13.1 Å². The Bertz CT molecular complexity index is 601. The Balaban J connectivity index is 2.00. The molecular formula is C14H16N4O2. The van der Waals surface area contributed by atoms with Crippen molar-refractivity contribution >= 4 is 5.91 Å². The van der Waals surface area contributed by atoms with Crippen LogP contribution in [0.25, 0.3) is 0 Å². The molecule has 0 radical (unpaired) electrons. The zero-order chi connectivity index (χ0) is 14.4. The lowest BCUT2D eigenvalue weighted by Crippen LogP contribution is -2.23. The molecule has 1 amide bonds. The number of nitrogens with zero attached hydrogens (tertiary/aromatic N) is 2. The Labute approximate surface area is 117 Å². The number of carbonyl (C=O) groups excluding carboxylic acids is 1. The van der Waals surface area contributed by atoms with Gasteiger partial charge >= 0.3 is 0 Å². The third-order valence-electron chi connectivity index (χ3n) is 2.75. The Morgan fingerprint density at radius 1 is 1.30 bits per heavy atom. The average molecular weight is 272 g/mol. The molecule has 0 aliphatic rings. The van der Waals surface area contributed by atoms with Crippen molar-refractivity contribution in [3.8, 4) is 5.88 Å². The number of nitrogens with one attached hydrogen (secondary N) is 1. The predicted molar refractivity (Wildman–Crippen MR) is 74.1 cm³/mol. The molecule has 0 spiro atoms. The second-order valence-electron chi connectivity index (χ2n) is 4.13. The van der Waals surface area contributed by atoms with Crippen LogP contribution in [0.4, 0.5) is 0 Å². The van der Waals surface area contributed by atoms with Crippen molar-refractivity contribution in [2.45, 2.75) is 13.1 Å². The van der Waals surface area contributed by atoms with Crippen molar-refractivity contribution in [3.63, 3.8) is 0 Å². The summed E-state index contributed by atoms with van der Waals surface area (Å²) in [5, 5.41) is 2.83. The van der Waals surface area contributed by atoms with Crippen molar-refractivity contribution in [3.05, 3.63) is 53.5 Å². The molecule has 0 saturated heterocycles. The fourth-order valence-electron chi connectivity index (χ4n) is 1.69. The highest BCUT2D eigenvalue weighted by molar-refractivity contribution is 5.94. The van der Waals surface area contributed by atoms with Crippen molar-refractivity contribution in [2.24, 2.45) is 5.73 Å². The van der Waals surface area contributed by atoms with Crippen LogP contribution in [-0.4, -0.2) is 23.0 Å². The van der Waals surface area contributed by atoms with Crippen molar-refractivity contribution < 1.29 is 9.53 Å². The summed E-state index contributed by atoms with van der Waals surface area (Å²) in [7, 11) is 1.55. The first kappa shape index (κ1) is 14.0. The van der Waals surface area contributed by atoms with Gasteiger partial charge in [0.25, 0.3) is 5.91 Å². The second kappa shape index (κ2) is 6.63. The summed E-state index contributed by atoms with van der Waals surface area (Å²) in [5.74, 6) is 0.351. The lowest BCUT2D eigenvalue weighted by atomic mass is 10.2. The minimum atomic E-state index is -0.169. The molecule has 0 fully saturated rings. The highest BCUT2D eigenvalue weighted by Crippen LogP contribution is 2.08. The van der Waals surface area contributed by atoms with Gasteiger partial charge in [-0.3, -0.25) is 9.78 Å². The van der Waals surface area contributed by atoms with Crippen molar-refractivity contribution in [1.82, 2.24) is 15.3 Å². The molecule has 2 aromatic rings. The van der Waals surface area contributed by atoms with Crippen LogP contribution < -0.4 is 15.8 Å². The van der Waals surface area contributed by atoms with Crippen LogP contribution in [0, 0.1) is 0 Å². The lowest BCUT2D eigenvalue weighted by Gasteiger charge is -2.07.